The number of rotatable bonds is 4. The lowest BCUT2D eigenvalue weighted by Gasteiger charge is -2.07. The first-order valence-electron chi connectivity index (χ1n) is 5.77. The van der Waals surface area contributed by atoms with Gasteiger partial charge in [0.05, 0.1) is 12.8 Å². The van der Waals surface area contributed by atoms with Crippen LogP contribution >= 0.6 is 0 Å². The molecular weight excluding hydrogens is 228 g/mol. The van der Waals surface area contributed by atoms with Gasteiger partial charge in [-0.3, -0.25) is 9.48 Å². The summed E-state index contributed by atoms with van der Waals surface area (Å²) in [4.78, 5) is 12.2. The number of para-hydroxylation sites is 1. The Balaban J connectivity index is 2.24. The molecule has 0 aliphatic carbocycles. The molecule has 4 nitrogen and oxygen atoms in total. The van der Waals surface area contributed by atoms with Gasteiger partial charge in [-0.25, -0.2) is 0 Å². The van der Waals surface area contributed by atoms with E-state index in [-0.39, 0.29) is 5.78 Å². The number of nitrogens with zero attached hydrogens (tertiary/aromatic N) is 2. The second-order valence-electron chi connectivity index (χ2n) is 4.21. The number of aromatic nitrogens is 2. The number of carbonyl (C=O) groups excluding carboxylic acids is 1. The lowest BCUT2D eigenvalue weighted by Crippen LogP contribution is -2.10. The van der Waals surface area contributed by atoms with Gasteiger partial charge in [0.25, 0.3) is 0 Å². The van der Waals surface area contributed by atoms with E-state index in [0.717, 1.165) is 17.0 Å². The second-order valence-corrected chi connectivity index (χ2v) is 4.21. The number of benzene rings is 1. The summed E-state index contributed by atoms with van der Waals surface area (Å²) in [5, 5.41) is 4.18. The molecule has 0 aliphatic heterocycles. The van der Waals surface area contributed by atoms with E-state index in [1.807, 2.05) is 31.2 Å². The molecule has 2 rings (SSSR count). The first kappa shape index (κ1) is 12.4. The molecule has 0 fully saturated rings. The van der Waals surface area contributed by atoms with Gasteiger partial charge in [-0.05, 0) is 19.1 Å². The second kappa shape index (κ2) is 5.04. The molecule has 0 N–H and O–H groups in total. The predicted molar refractivity (Wildman–Crippen MR) is 69.0 cm³/mol. The van der Waals surface area contributed by atoms with Gasteiger partial charge in [-0.15, -0.1) is 0 Å². The molecule has 1 aromatic carbocycles. The summed E-state index contributed by atoms with van der Waals surface area (Å²) in [6.45, 7) is 1.87. The molecule has 0 amide bonds. The minimum atomic E-state index is 0.0441. The minimum absolute atomic E-state index is 0.0441. The molecule has 1 aromatic heterocycles. The number of aryl methyl sites for hydroxylation is 2. The molecule has 0 spiro atoms. The van der Waals surface area contributed by atoms with Crippen molar-refractivity contribution in [3.05, 3.63) is 47.3 Å². The standard InChI is InChI=1S/C14H16N2O2/c1-10-8-12(16(2)15-10)13(17)9-11-6-4-5-7-14(11)18-3/h4-8H,9H2,1-3H3. The zero-order valence-electron chi connectivity index (χ0n) is 10.8. The van der Waals surface area contributed by atoms with Gasteiger partial charge in [-0.1, -0.05) is 18.2 Å². The number of hydrogen-bond acceptors (Lipinski definition) is 3. The number of hydrogen-bond donors (Lipinski definition) is 0. The van der Waals surface area contributed by atoms with Crippen LogP contribution < -0.4 is 4.74 Å². The van der Waals surface area contributed by atoms with Crippen molar-refractivity contribution in [1.29, 1.82) is 0 Å². The van der Waals surface area contributed by atoms with Crippen LogP contribution in [-0.4, -0.2) is 22.7 Å². The fraction of sp³-hybridized carbons (Fsp3) is 0.286. The highest BCUT2D eigenvalue weighted by Crippen LogP contribution is 2.19. The average Bonchev–Trinajstić information content (AvgIpc) is 2.69. The van der Waals surface area contributed by atoms with Gasteiger partial charge in [0, 0.05) is 19.0 Å². The molecule has 0 bridgehead atoms. The summed E-state index contributed by atoms with van der Waals surface area (Å²) in [5.41, 5.74) is 2.36. The molecule has 0 unspecified atom stereocenters. The van der Waals surface area contributed by atoms with Crippen LogP contribution in [0.1, 0.15) is 21.7 Å². The third kappa shape index (κ3) is 2.42. The van der Waals surface area contributed by atoms with Crippen molar-refractivity contribution >= 4 is 5.78 Å². The Bertz CT molecular complexity index is 573. The predicted octanol–water partition coefficient (Wildman–Crippen LogP) is 2.16. The van der Waals surface area contributed by atoms with Crippen LogP contribution in [0, 0.1) is 6.92 Å². The van der Waals surface area contributed by atoms with Gasteiger partial charge >= 0.3 is 0 Å². The Morgan fingerprint density at radius 2 is 2.11 bits per heavy atom. The van der Waals surface area contributed by atoms with E-state index < -0.39 is 0 Å². The Morgan fingerprint density at radius 1 is 1.39 bits per heavy atom. The van der Waals surface area contributed by atoms with Gasteiger partial charge in [0.2, 0.25) is 0 Å². The maximum atomic E-state index is 12.2. The van der Waals surface area contributed by atoms with Gasteiger partial charge < -0.3 is 4.74 Å². The van der Waals surface area contributed by atoms with Crippen LogP contribution in [0.15, 0.2) is 30.3 Å². The Morgan fingerprint density at radius 3 is 2.72 bits per heavy atom. The van der Waals surface area contributed by atoms with E-state index in [9.17, 15) is 4.79 Å². The topological polar surface area (TPSA) is 44.1 Å². The van der Waals surface area contributed by atoms with Gasteiger partial charge in [0.1, 0.15) is 11.4 Å². The zero-order chi connectivity index (χ0) is 13.1. The molecule has 0 radical (unpaired) electrons. The summed E-state index contributed by atoms with van der Waals surface area (Å²) in [6, 6.07) is 9.36. The molecule has 0 aliphatic rings. The van der Waals surface area contributed by atoms with Crippen LogP contribution in [0.25, 0.3) is 0 Å². The van der Waals surface area contributed by atoms with E-state index in [0.29, 0.717) is 12.1 Å². The maximum absolute atomic E-state index is 12.2. The monoisotopic (exact) mass is 244 g/mol. The lowest BCUT2D eigenvalue weighted by molar-refractivity contribution is 0.0983. The molecule has 2 aromatic rings. The van der Waals surface area contributed by atoms with Crippen molar-refractivity contribution in [3.63, 3.8) is 0 Å². The van der Waals surface area contributed by atoms with Crippen LogP contribution in [0.2, 0.25) is 0 Å². The quantitative estimate of drug-likeness (QED) is 0.774. The van der Waals surface area contributed by atoms with Crippen molar-refractivity contribution in [2.45, 2.75) is 13.3 Å². The van der Waals surface area contributed by atoms with E-state index in [1.165, 1.54) is 0 Å². The van der Waals surface area contributed by atoms with Crippen LogP contribution in [0.3, 0.4) is 0 Å². The maximum Gasteiger partial charge on any atom is 0.185 e. The Hall–Kier alpha value is -2.10. The third-order valence-electron chi connectivity index (χ3n) is 2.83. The minimum Gasteiger partial charge on any atom is -0.496 e. The number of carbonyl (C=O) groups is 1. The molecular formula is C14H16N2O2. The molecule has 18 heavy (non-hydrogen) atoms. The molecule has 4 heteroatoms. The first-order chi connectivity index (χ1) is 8.61. The van der Waals surface area contributed by atoms with Crippen LogP contribution in [-0.2, 0) is 13.5 Å². The fourth-order valence-corrected chi connectivity index (χ4v) is 1.98. The highest BCUT2D eigenvalue weighted by molar-refractivity contribution is 5.96. The fourth-order valence-electron chi connectivity index (χ4n) is 1.98. The number of ketones is 1. The number of methoxy groups -OCH3 is 1. The Labute approximate surface area is 106 Å². The molecule has 1 heterocycles. The van der Waals surface area contributed by atoms with Crippen LogP contribution in [0.5, 0.6) is 5.75 Å². The number of Topliss-reactive ketones (excluding diaryl/α,β-unsaturated/α-hetero) is 1. The number of ether oxygens (including phenoxy) is 1. The Kier molecular flexibility index (Phi) is 3.46. The summed E-state index contributed by atoms with van der Waals surface area (Å²) >= 11 is 0. The van der Waals surface area contributed by atoms with E-state index >= 15 is 0 Å². The average molecular weight is 244 g/mol. The van der Waals surface area contributed by atoms with Crippen molar-refractivity contribution in [2.24, 2.45) is 7.05 Å². The SMILES string of the molecule is COc1ccccc1CC(=O)c1cc(C)nn1C. The van der Waals surface area contributed by atoms with Crippen molar-refractivity contribution < 1.29 is 9.53 Å². The zero-order valence-corrected chi connectivity index (χ0v) is 10.8. The van der Waals surface area contributed by atoms with E-state index in [1.54, 1.807) is 24.9 Å². The first-order valence-corrected chi connectivity index (χ1v) is 5.77. The third-order valence-corrected chi connectivity index (χ3v) is 2.83. The van der Waals surface area contributed by atoms with Crippen molar-refractivity contribution in [2.75, 3.05) is 7.11 Å². The van der Waals surface area contributed by atoms with E-state index in [4.69, 9.17) is 4.74 Å². The van der Waals surface area contributed by atoms with Crippen molar-refractivity contribution in [3.8, 4) is 5.75 Å². The van der Waals surface area contributed by atoms with E-state index in [2.05, 4.69) is 5.10 Å². The van der Waals surface area contributed by atoms with Crippen molar-refractivity contribution in [1.82, 2.24) is 9.78 Å². The summed E-state index contributed by atoms with van der Waals surface area (Å²) < 4.78 is 6.86. The molecule has 94 valence electrons. The normalized spacial score (nSPS) is 10.4. The summed E-state index contributed by atoms with van der Waals surface area (Å²) in [6.07, 6.45) is 0.322. The molecule has 0 saturated carbocycles. The van der Waals surface area contributed by atoms with Gasteiger partial charge in [0.15, 0.2) is 5.78 Å². The molecule has 0 saturated heterocycles. The molecule has 0 atom stereocenters. The highest BCUT2D eigenvalue weighted by Gasteiger charge is 2.14. The smallest absolute Gasteiger partial charge is 0.185 e. The highest BCUT2D eigenvalue weighted by atomic mass is 16.5. The van der Waals surface area contributed by atoms with Gasteiger partial charge in [-0.2, -0.15) is 5.10 Å². The van der Waals surface area contributed by atoms with Crippen LogP contribution in [0.4, 0.5) is 0 Å². The largest absolute Gasteiger partial charge is 0.496 e. The lowest BCUT2D eigenvalue weighted by atomic mass is 10.1. The summed E-state index contributed by atoms with van der Waals surface area (Å²) in [5.74, 6) is 0.785. The summed E-state index contributed by atoms with van der Waals surface area (Å²) in [7, 11) is 3.39.